The van der Waals surface area contributed by atoms with Crippen LogP contribution in [0, 0.1) is 6.92 Å². The van der Waals surface area contributed by atoms with Crippen molar-refractivity contribution in [1.82, 2.24) is 24.8 Å². The highest BCUT2D eigenvalue weighted by Crippen LogP contribution is 2.28. The average molecular weight is 445 g/mol. The minimum atomic E-state index is -0.127. The van der Waals surface area contributed by atoms with Crippen LogP contribution in [0.5, 0.6) is 11.6 Å². The molecule has 1 saturated heterocycles. The zero-order valence-corrected chi connectivity index (χ0v) is 17.6. The number of amides is 1. The first-order valence-corrected chi connectivity index (χ1v) is 10.0. The number of rotatable bonds is 4. The third-order valence-corrected chi connectivity index (χ3v) is 4.96. The van der Waals surface area contributed by atoms with Gasteiger partial charge in [0.2, 0.25) is 11.8 Å². The van der Waals surface area contributed by atoms with Gasteiger partial charge >= 0.3 is 0 Å². The van der Waals surface area contributed by atoms with Gasteiger partial charge in [0, 0.05) is 54.7 Å². The summed E-state index contributed by atoms with van der Waals surface area (Å²) in [7, 11) is 0. The van der Waals surface area contributed by atoms with Gasteiger partial charge in [0.1, 0.15) is 11.4 Å². The van der Waals surface area contributed by atoms with Gasteiger partial charge in [-0.15, -0.1) is 0 Å². The van der Waals surface area contributed by atoms with Crippen molar-refractivity contribution in [2.75, 3.05) is 31.1 Å². The second-order valence-electron chi connectivity index (χ2n) is 6.72. The van der Waals surface area contributed by atoms with Gasteiger partial charge in [-0.25, -0.2) is 9.97 Å². The number of piperazine rings is 1. The molecule has 0 atom stereocenters. The Labute approximate surface area is 183 Å². The first-order valence-electron chi connectivity index (χ1n) is 9.28. The van der Waals surface area contributed by atoms with Crippen LogP contribution >= 0.6 is 23.2 Å². The van der Waals surface area contributed by atoms with Crippen molar-refractivity contribution in [3.05, 3.63) is 64.3 Å². The Bertz CT molecular complexity index is 1040. The number of carbonyl (C=O) groups excluding carboxylic acids is 1. The average Bonchev–Trinajstić information content (AvgIpc) is 2.73. The summed E-state index contributed by atoms with van der Waals surface area (Å²) in [6.45, 7) is 4.09. The molecule has 8 nitrogen and oxygen atoms in total. The smallest absolute Gasteiger partial charge is 0.274 e. The molecule has 0 spiro atoms. The standard InChI is InChI=1S/C20H18Cl2N6O2/c1-13-11-25-17(12-24-13)19(29)27-4-6-28(7-5-27)20-23-3-2-18(26-20)30-16-9-14(21)8-15(22)10-16/h2-3,8-12H,4-7H2,1H3. The third kappa shape index (κ3) is 4.77. The molecular formula is C20H18Cl2N6O2. The maximum atomic E-state index is 12.6. The molecule has 1 amide bonds. The molecule has 1 aliphatic heterocycles. The zero-order valence-electron chi connectivity index (χ0n) is 16.1. The monoisotopic (exact) mass is 444 g/mol. The highest BCUT2D eigenvalue weighted by atomic mass is 35.5. The SMILES string of the molecule is Cc1cnc(C(=O)N2CCN(c3nccc(Oc4cc(Cl)cc(Cl)c4)n3)CC2)cn1. The van der Waals surface area contributed by atoms with Crippen LogP contribution in [-0.2, 0) is 0 Å². The number of nitrogens with zero attached hydrogens (tertiary/aromatic N) is 6. The van der Waals surface area contributed by atoms with Crippen LogP contribution in [0.2, 0.25) is 10.0 Å². The molecule has 2 aromatic heterocycles. The number of hydrogen-bond donors (Lipinski definition) is 0. The quantitative estimate of drug-likeness (QED) is 0.606. The van der Waals surface area contributed by atoms with Crippen molar-refractivity contribution in [1.29, 1.82) is 0 Å². The first-order chi connectivity index (χ1) is 14.5. The third-order valence-electron chi connectivity index (χ3n) is 4.53. The fourth-order valence-electron chi connectivity index (χ4n) is 3.02. The summed E-state index contributed by atoms with van der Waals surface area (Å²) >= 11 is 12.0. The molecule has 0 bridgehead atoms. The summed E-state index contributed by atoms with van der Waals surface area (Å²) in [4.78, 5) is 33.5. The van der Waals surface area contributed by atoms with Crippen LogP contribution in [-0.4, -0.2) is 56.9 Å². The van der Waals surface area contributed by atoms with E-state index in [1.165, 1.54) is 6.20 Å². The molecule has 30 heavy (non-hydrogen) atoms. The molecule has 0 radical (unpaired) electrons. The highest BCUT2D eigenvalue weighted by Gasteiger charge is 2.24. The Kier molecular flexibility index (Phi) is 5.96. The highest BCUT2D eigenvalue weighted by molar-refractivity contribution is 6.34. The Balaban J connectivity index is 1.40. The van der Waals surface area contributed by atoms with Gasteiger partial charge < -0.3 is 14.5 Å². The van der Waals surface area contributed by atoms with E-state index in [0.717, 1.165) is 5.69 Å². The van der Waals surface area contributed by atoms with E-state index < -0.39 is 0 Å². The number of aryl methyl sites for hydroxylation is 1. The number of carbonyl (C=O) groups is 1. The lowest BCUT2D eigenvalue weighted by atomic mass is 10.3. The Morgan fingerprint density at radius 1 is 1.00 bits per heavy atom. The molecule has 1 fully saturated rings. The molecule has 10 heteroatoms. The van der Waals surface area contributed by atoms with E-state index in [1.54, 1.807) is 41.6 Å². The van der Waals surface area contributed by atoms with Crippen molar-refractivity contribution in [2.45, 2.75) is 6.92 Å². The van der Waals surface area contributed by atoms with Gasteiger partial charge in [-0.1, -0.05) is 23.2 Å². The molecule has 1 aliphatic rings. The van der Waals surface area contributed by atoms with E-state index in [0.29, 0.717) is 59.5 Å². The number of anilines is 1. The maximum Gasteiger partial charge on any atom is 0.274 e. The number of benzene rings is 1. The van der Waals surface area contributed by atoms with Gasteiger partial charge in [-0.05, 0) is 25.1 Å². The number of aromatic nitrogens is 4. The maximum absolute atomic E-state index is 12.6. The lowest BCUT2D eigenvalue weighted by Gasteiger charge is -2.34. The van der Waals surface area contributed by atoms with Gasteiger partial charge in [0.05, 0.1) is 11.9 Å². The van der Waals surface area contributed by atoms with E-state index >= 15 is 0 Å². The van der Waals surface area contributed by atoms with E-state index in [9.17, 15) is 4.79 Å². The van der Waals surface area contributed by atoms with Crippen molar-refractivity contribution >= 4 is 35.1 Å². The van der Waals surface area contributed by atoms with E-state index in [1.807, 2.05) is 11.8 Å². The summed E-state index contributed by atoms with van der Waals surface area (Å²) in [5.41, 5.74) is 1.12. The fraction of sp³-hybridized carbons (Fsp3) is 0.250. The molecule has 0 N–H and O–H groups in total. The van der Waals surface area contributed by atoms with Crippen LogP contribution < -0.4 is 9.64 Å². The predicted octanol–water partition coefficient (Wildman–Crippen LogP) is 3.64. The Morgan fingerprint density at radius 3 is 2.40 bits per heavy atom. The van der Waals surface area contributed by atoms with Crippen LogP contribution in [0.3, 0.4) is 0 Å². The second-order valence-corrected chi connectivity index (χ2v) is 7.60. The van der Waals surface area contributed by atoms with Crippen molar-refractivity contribution in [3.63, 3.8) is 0 Å². The Morgan fingerprint density at radius 2 is 1.73 bits per heavy atom. The molecule has 0 saturated carbocycles. The summed E-state index contributed by atoms with van der Waals surface area (Å²) in [6, 6.07) is 6.61. The van der Waals surface area contributed by atoms with Gasteiger partial charge in [-0.2, -0.15) is 4.98 Å². The molecule has 3 aromatic rings. The topological polar surface area (TPSA) is 84.3 Å². The zero-order chi connectivity index (χ0) is 21.1. The minimum absolute atomic E-state index is 0.127. The molecule has 0 unspecified atom stereocenters. The fourth-order valence-corrected chi connectivity index (χ4v) is 3.53. The molecule has 4 rings (SSSR count). The number of halogens is 2. The number of ether oxygens (including phenoxy) is 1. The molecule has 0 aliphatic carbocycles. The van der Waals surface area contributed by atoms with E-state index in [2.05, 4.69) is 19.9 Å². The largest absolute Gasteiger partial charge is 0.439 e. The number of hydrogen-bond acceptors (Lipinski definition) is 7. The summed E-state index contributed by atoms with van der Waals surface area (Å²) in [5, 5.41) is 0.955. The first kappa shape index (κ1) is 20.3. The van der Waals surface area contributed by atoms with Gasteiger partial charge in [-0.3, -0.25) is 9.78 Å². The molecule has 1 aromatic carbocycles. The van der Waals surface area contributed by atoms with Gasteiger partial charge in [0.25, 0.3) is 5.91 Å². The second kappa shape index (κ2) is 8.81. The summed E-state index contributed by atoms with van der Waals surface area (Å²) in [5.74, 6) is 1.28. The van der Waals surface area contributed by atoms with Crippen LogP contribution in [0.1, 0.15) is 16.2 Å². The Hall–Kier alpha value is -2.97. The van der Waals surface area contributed by atoms with E-state index in [-0.39, 0.29) is 5.91 Å². The van der Waals surface area contributed by atoms with Crippen LogP contribution in [0.4, 0.5) is 5.95 Å². The van der Waals surface area contributed by atoms with Crippen molar-refractivity contribution in [2.24, 2.45) is 0 Å². The minimum Gasteiger partial charge on any atom is -0.439 e. The lowest BCUT2D eigenvalue weighted by molar-refractivity contribution is 0.0739. The predicted molar refractivity (Wildman–Crippen MR) is 113 cm³/mol. The van der Waals surface area contributed by atoms with Crippen molar-refractivity contribution in [3.8, 4) is 11.6 Å². The van der Waals surface area contributed by atoms with E-state index in [4.69, 9.17) is 27.9 Å². The molecular weight excluding hydrogens is 427 g/mol. The summed E-state index contributed by atoms with van der Waals surface area (Å²) < 4.78 is 5.77. The molecule has 3 heterocycles. The lowest BCUT2D eigenvalue weighted by Crippen LogP contribution is -2.49. The van der Waals surface area contributed by atoms with Crippen molar-refractivity contribution < 1.29 is 9.53 Å². The van der Waals surface area contributed by atoms with Crippen LogP contribution in [0.25, 0.3) is 0 Å². The molecule has 154 valence electrons. The normalized spacial score (nSPS) is 14.0. The summed E-state index contributed by atoms with van der Waals surface area (Å²) in [6.07, 6.45) is 4.73. The van der Waals surface area contributed by atoms with Gasteiger partial charge in [0.15, 0.2) is 0 Å². The van der Waals surface area contributed by atoms with Crippen LogP contribution in [0.15, 0.2) is 42.9 Å².